The van der Waals surface area contributed by atoms with Gasteiger partial charge in [0.1, 0.15) is 13.2 Å². The predicted octanol–water partition coefficient (Wildman–Crippen LogP) is 4.22. The van der Waals surface area contributed by atoms with Crippen LogP contribution < -0.4 is 18.9 Å². The van der Waals surface area contributed by atoms with Gasteiger partial charge in [0.05, 0.1) is 6.04 Å². The Labute approximate surface area is 175 Å². The number of nitrogens with zero attached hydrogens (tertiary/aromatic N) is 1. The molecule has 0 aromatic heterocycles. The first-order valence-corrected chi connectivity index (χ1v) is 10.8. The number of amides is 1. The summed E-state index contributed by atoms with van der Waals surface area (Å²) in [6.45, 7) is 4.20. The number of ether oxygens (including phenoxy) is 4. The van der Waals surface area contributed by atoms with Gasteiger partial charge in [-0.2, -0.15) is 0 Å². The van der Waals surface area contributed by atoms with Gasteiger partial charge in [-0.05, 0) is 61.2 Å². The molecule has 2 aromatic rings. The van der Waals surface area contributed by atoms with Crippen molar-refractivity contribution in [2.75, 3.05) is 26.6 Å². The number of carbonyl (C=O) groups is 1. The third kappa shape index (κ3) is 2.59. The molecule has 1 saturated carbocycles. The van der Waals surface area contributed by atoms with Gasteiger partial charge in [-0.1, -0.05) is 12.8 Å². The van der Waals surface area contributed by atoms with Gasteiger partial charge in [-0.15, -0.1) is 0 Å². The number of benzene rings is 2. The second-order valence-electron chi connectivity index (χ2n) is 8.75. The van der Waals surface area contributed by atoms with Gasteiger partial charge in [0, 0.05) is 17.5 Å². The van der Waals surface area contributed by atoms with Crippen molar-refractivity contribution in [3.63, 3.8) is 0 Å². The van der Waals surface area contributed by atoms with Crippen molar-refractivity contribution in [1.82, 2.24) is 4.90 Å². The van der Waals surface area contributed by atoms with E-state index in [1.54, 1.807) is 6.07 Å². The van der Waals surface area contributed by atoms with Gasteiger partial charge in [-0.3, -0.25) is 4.79 Å². The first kappa shape index (κ1) is 17.9. The number of hydrogen-bond acceptors (Lipinski definition) is 5. The molecule has 1 atom stereocenters. The molecule has 1 spiro atoms. The van der Waals surface area contributed by atoms with E-state index in [4.69, 9.17) is 18.9 Å². The van der Waals surface area contributed by atoms with Crippen molar-refractivity contribution in [1.29, 1.82) is 0 Å². The highest BCUT2D eigenvalue weighted by atomic mass is 16.7. The molecule has 4 aliphatic rings. The van der Waals surface area contributed by atoms with E-state index >= 15 is 0 Å². The van der Waals surface area contributed by atoms with Crippen LogP contribution in [0.3, 0.4) is 0 Å². The topological polar surface area (TPSA) is 57.2 Å². The Kier molecular flexibility index (Phi) is 3.92. The molecule has 1 aliphatic carbocycles. The smallest absolute Gasteiger partial charge is 0.254 e. The molecule has 0 saturated heterocycles. The maximum atomic E-state index is 13.6. The molecule has 2 aromatic carbocycles. The van der Waals surface area contributed by atoms with Gasteiger partial charge in [0.2, 0.25) is 6.79 Å². The van der Waals surface area contributed by atoms with E-state index in [0.717, 1.165) is 30.9 Å². The van der Waals surface area contributed by atoms with Gasteiger partial charge in [0.15, 0.2) is 23.0 Å². The van der Waals surface area contributed by atoms with Crippen LogP contribution in [0.4, 0.5) is 0 Å². The largest absolute Gasteiger partial charge is 0.486 e. The van der Waals surface area contributed by atoms with Crippen LogP contribution in [-0.2, 0) is 5.41 Å². The van der Waals surface area contributed by atoms with E-state index in [0.29, 0.717) is 30.3 Å². The SMILES string of the molecule is CC1c2cc3c(cc2C2(CCCC2)CN1C(=O)c1ccc2c(c1)OCO2)OCCO3. The number of carbonyl (C=O) groups excluding carboxylic acids is 1. The summed E-state index contributed by atoms with van der Waals surface area (Å²) in [6, 6.07) is 9.72. The molecule has 6 rings (SSSR count). The molecule has 1 amide bonds. The Bertz CT molecular complexity index is 1030. The number of fused-ring (bicyclic) bond motifs is 4. The molecular formula is C24H25NO5. The fraction of sp³-hybridized carbons (Fsp3) is 0.458. The van der Waals surface area contributed by atoms with Crippen LogP contribution in [-0.4, -0.2) is 37.4 Å². The summed E-state index contributed by atoms with van der Waals surface area (Å²) in [5, 5.41) is 0. The molecule has 156 valence electrons. The van der Waals surface area contributed by atoms with Gasteiger partial charge < -0.3 is 23.8 Å². The van der Waals surface area contributed by atoms with Crippen molar-refractivity contribution in [2.45, 2.75) is 44.1 Å². The fourth-order valence-corrected chi connectivity index (χ4v) is 5.55. The molecule has 3 aliphatic heterocycles. The second-order valence-corrected chi connectivity index (χ2v) is 8.75. The van der Waals surface area contributed by atoms with Crippen LogP contribution in [0.1, 0.15) is 60.1 Å². The lowest BCUT2D eigenvalue weighted by atomic mass is 9.71. The third-order valence-corrected chi connectivity index (χ3v) is 7.12. The summed E-state index contributed by atoms with van der Waals surface area (Å²) in [4.78, 5) is 15.7. The summed E-state index contributed by atoms with van der Waals surface area (Å²) in [6.07, 6.45) is 4.57. The highest BCUT2D eigenvalue weighted by molar-refractivity contribution is 5.95. The molecule has 0 radical (unpaired) electrons. The first-order valence-electron chi connectivity index (χ1n) is 10.8. The van der Waals surface area contributed by atoms with E-state index in [-0.39, 0.29) is 24.2 Å². The summed E-state index contributed by atoms with van der Waals surface area (Å²) in [5.74, 6) is 3.00. The normalized spacial score (nSPS) is 22.8. The molecule has 1 fully saturated rings. The quantitative estimate of drug-likeness (QED) is 0.709. The molecular weight excluding hydrogens is 382 g/mol. The zero-order valence-electron chi connectivity index (χ0n) is 17.1. The molecule has 3 heterocycles. The maximum absolute atomic E-state index is 13.6. The summed E-state index contributed by atoms with van der Waals surface area (Å²) >= 11 is 0. The lowest BCUT2D eigenvalue weighted by molar-refractivity contribution is 0.0593. The monoisotopic (exact) mass is 407 g/mol. The number of hydrogen-bond donors (Lipinski definition) is 0. The van der Waals surface area contributed by atoms with E-state index in [2.05, 4.69) is 19.1 Å². The summed E-state index contributed by atoms with van der Waals surface area (Å²) < 4.78 is 22.6. The molecule has 0 N–H and O–H groups in total. The van der Waals surface area contributed by atoms with E-state index < -0.39 is 0 Å². The van der Waals surface area contributed by atoms with Gasteiger partial charge >= 0.3 is 0 Å². The van der Waals surface area contributed by atoms with Crippen LogP contribution >= 0.6 is 0 Å². The van der Waals surface area contributed by atoms with Crippen molar-refractivity contribution in [3.05, 3.63) is 47.0 Å². The van der Waals surface area contributed by atoms with Crippen molar-refractivity contribution in [2.24, 2.45) is 0 Å². The highest BCUT2D eigenvalue weighted by Gasteiger charge is 2.46. The summed E-state index contributed by atoms with van der Waals surface area (Å²) in [7, 11) is 0. The Balaban J connectivity index is 1.42. The second kappa shape index (κ2) is 6.56. The average Bonchev–Trinajstić information content (AvgIpc) is 3.44. The lowest BCUT2D eigenvalue weighted by Gasteiger charge is -2.46. The minimum Gasteiger partial charge on any atom is -0.486 e. The highest BCUT2D eigenvalue weighted by Crippen LogP contribution is 2.52. The standard InChI is InChI=1S/C24H25NO5/c1-15-17-11-21-22(28-9-8-27-21)12-18(17)24(6-2-3-7-24)13-25(15)23(26)16-4-5-19-20(10-16)30-14-29-19/h4-5,10-12,15H,2-3,6-9,13-14H2,1H3. The Morgan fingerprint density at radius 2 is 1.63 bits per heavy atom. The van der Waals surface area contributed by atoms with Crippen LogP contribution in [0.2, 0.25) is 0 Å². The summed E-state index contributed by atoms with van der Waals surface area (Å²) in [5.41, 5.74) is 3.15. The predicted molar refractivity (Wildman–Crippen MR) is 110 cm³/mol. The van der Waals surface area contributed by atoms with Crippen LogP contribution in [0.15, 0.2) is 30.3 Å². The average molecular weight is 407 g/mol. The Hall–Kier alpha value is -2.89. The molecule has 1 unspecified atom stereocenters. The van der Waals surface area contributed by atoms with E-state index in [1.807, 2.05) is 17.0 Å². The van der Waals surface area contributed by atoms with Crippen LogP contribution in [0, 0.1) is 0 Å². The van der Waals surface area contributed by atoms with Gasteiger partial charge in [0.25, 0.3) is 5.91 Å². The zero-order chi connectivity index (χ0) is 20.3. The molecule has 0 bridgehead atoms. The van der Waals surface area contributed by atoms with Crippen LogP contribution in [0.5, 0.6) is 23.0 Å². The Morgan fingerprint density at radius 3 is 2.43 bits per heavy atom. The Morgan fingerprint density at radius 1 is 0.933 bits per heavy atom. The fourth-order valence-electron chi connectivity index (χ4n) is 5.55. The molecule has 30 heavy (non-hydrogen) atoms. The van der Waals surface area contributed by atoms with E-state index in [1.165, 1.54) is 24.0 Å². The van der Waals surface area contributed by atoms with Crippen molar-refractivity contribution >= 4 is 5.91 Å². The maximum Gasteiger partial charge on any atom is 0.254 e. The van der Waals surface area contributed by atoms with Crippen LogP contribution in [0.25, 0.3) is 0 Å². The van der Waals surface area contributed by atoms with Gasteiger partial charge in [-0.25, -0.2) is 0 Å². The minimum absolute atomic E-state index is 0.0102. The van der Waals surface area contributed by atoms with Crippen molar-refractivity contribution < 1.29 is 23.7 Å². The zero-order valence-corrected chi connectivity index (χ0v) is 17.1. The van der Waals surface area contributed by atoms with Crippen molar-refractivity contribution in [3.8, 4) is 23.0 Å². The molecule has 6 heteroatoms. The molecule has 6 nitrogen and oxygen atoms in total. The minimum atomic E-state index is -0.0417. The third-order valence-electron chi connectivity index (χ3n) is 7.12. The van der Waals surface area contributed by atoms with E-state index in [9.17, 15) is 4.79 Å². The number of rotatable bonds is 1. The lowest BCUT2D eigenvalue weighted by Crippen LogP contribution is -2.48. The first-order chi connectivity index (χ1) is 14.6.